The van der Waals surface area contributed by atoms with Crippen molar-refractivity contribution in [2.75, 3.05) is 19.8 Å². The standard InChI is InChI=1S/C15H19BrO3S/c1-10-8-12(20-14(10)16)13(17)11-2-5-19-15(9-11)3-6-18-7-4-15/h8,11H,2-7,9H2,1H3. The van der Waals surface area contributed by atoms with Crippen LogP contribution in [0.3, 0.4) is 0 Å². The summed E-state index contributed by atoms with van der Waals surface area (Å²) in [5, 5.41) is 0. The zero-order valence-electron chi connectivity index (χ0n) is 11.6. The van der Waals surface area contributed by atoms with Crippen LogP contribution in [0.2, 0.25) is 0 Å². The number of rotatable bonds is 2. The molecular formula is C15H19BrO3S. The predicted octanol–water partition coefficient (Wildman–Crippen LogP) is 3.98. The van der Waals surface area contributed by atoms with Crippen LogP contribution >= 0.6 is 27.3 Å². The van der Waals surface area contributed by atoms with Crippen LogP contribution in [0.4, 0.5) is 0 Å². The highest BCUT2D eigenvalue weighted by Crippen LogP contribution is 2.39. The minimum atomic E-state index is -0.111. The molecule has 0 amide bonds. The van der Waals surface area contributed by atoms with Gasteiger partial charge in [-0.05, 0) is 60.2 Å². The first-order valence-corrected chi connectivity index (χ1v) is 8.72. The fourth-order valence-corrected chi connectivity index (χ4v) is 4.68. The van der Waals surface area contributed by atoms with Gasteiger partial charge in [-0.25, -0.2) is 0 Å². The Labute approximate surface area is 131 Å². The molecule has 2 saturated heterocycles. The van der Waals surface area contributed by atoms with E-state index in [0.29, 0.717) is 6.61 Å². The zero-order chi connectivity index (χ0) is 14.2. The summed E-state index contributed by atoms with van der Waals surface area (Å²) in [6.07, 6.45) is 3.54. The maximum absolute atomic E-state index is 12.7. The Bertz CT molecular complexity index is 480. The highest BCUT2D eigenvalue weighted by Gasteiger charge is 2.41. The normalized spacial score (nSPS) is 25.8. The lowest BCUT2D eigenvalue weighted by Gasteiger charge is -2.42. The summed E-state index contributed by atoms with van der Waals surface area (Å²) in [5.74, 6) is 0.393. The van der Waals surface area contributed by atoms with Crippen molar-refractivity contribution < 1.29 is 14.3 Å². The molecule has 1 spiro atoms. The predicted molar refractivity (Wildman–Crippen MR) is 82.5 cm³/mol. The van der Waals surface area contributed by atoms with Crippen molar-refractivity contribution in [1.82, 2.24) is 0 Å². The van der Waals surface area contributed by atoms with Crippen LogP contribution < -0.4 is 0 Å². The molecule has 2 aliphatic heterocycles. The summed E-state index contributed by atoms with van der Waals surface area (Å²) in [4.78, 5) is 13.6. The SMILES string of the molecule is Cc1cc(C(=O)C2CCOC3(CCOCC3)C2)sc1Br. The van der Waals surface area contributed by atoms with Gasteiger partial charge in [0.15, 0.2) is 5.78 Å². The maximum Gasteiger partial charge on any atom is 0.176 e. The van der Waals surface area contributed by atoms with Gasteiger partial charge in [-0.2, -0.15) is 0 Å². The largest absolute Gasteiger partial charge is 0.381 e. The Kier molecular flexibility index (Phi) is 4.32. The van der Waals surface area contributed by atoms with Crippen molar-refractivity contribution in [1.29, 1.82) is 0 Å². The van der Waals surface area contributed by atoms with E-state index < -0.39 is 0 Å². The van der Waals surface area contributed by atoms with E-state index in [1.54, 1.807) is 11.3 Å². The number of carbonyl (C=O) groups excluding carboxylic acids is 1. The van der Waals surface area contributed by atoms with Gasteiger partial charge in [0.2, 0.25) is 0 Å². The van der Waals surface area contributed by atoms with Crippen molar-refractivity contribution in [3.05, 3.63) is 20.3 Å². The van der Waals surface area contributed by atoms with Crippen LogP contribution in [0.15, 0.2) is 9.85 Å². The molecule has 0 saturated carbocycles. The Morgan fingerprint density at radius 3 is 2.80 bits per heavy atom. The molecule has 20 heavy (non-hydrogen) atoms. The second kappa shape index (κ2) is 5.87. The third-order valence-corrected chi connectivity index (χ3v) is 6.52. The van der Waals surface area contributed by atoms with Gasteiger partial charge >= 0.3 is 0 Å². The summed E-state index contributed by atoms with van der Waals surface area (Å²) in [7, 11) is 0. The lowest BCUT2D eigenvalue weighted by Crippen LogP contribution is -2.45. The molecule has 0 radical (unpaired) electrons. The number of carbonyl (C=O) groups is 1. The Morgan fingerprint density at radius 1 is 1.40 bits per heavy atom. The van der Waals surface area contributed by atoms with Gasteiger partial charge in [-0.3, -0.25) is 4.79 Å². The van der Waals surface area contributed by atoms with Gasteiger partial charge in [0.1, 0.15) is 0 Å². The fraction of sp³-hybridized carbons (Fsp3) is 0.667. The molecule has 3 nitrogen and oxygen atoms in total. The van der Waals surface area contributed by atoms with Crippen molar-refractivity contribution in [2.24, 2.45) is 5.92 Å². The molecular weight excluding hydrogens is 340 g/mol. The molecule has 1 aromatic rings. The highest BCUT2D eigenvalue weighted by atomic mass is 79.9. The molecule has 2 fully saturated rings. The van der Waals surface area contributed by atoms with Gasteiger partial charge < -0.3 is 9.47 Å². The maximum atomic E-state index is 12.7. The number of hydrogen-bond donors (Lipinski definition) is 0. The smallest absolute Gasteiger partial charge is 0.176 e. The summed E-state index contributed by atoms with van der Waals surface area (Å²) in [6, 6.07) is 2.00. The molecule has 0 aliphatic carbocycles. The minimum absolute atomic E-state index is 0.104. The Hall–Kier alpha value is -0.230. The van der Waals surface area contributed by atoms with Crippen molar-refractivity contribution >= 4 is 33.0 Å². The summed E-state index contributed by atoms with van der Waals surface area (Å²) in [5.41, 5.74) is 1.03. The summed E-state index contributed by atoms with van der Waals surface area (Å²) < 4.78 is 12.5. The first-order valence-electron chi connectivity index (χ1n) is 7.11. The monoisotopic (exact) mass is 358 g/mol. The molecule has 5 heteroatoms. The average molecular weight is 359 g/mol. The number of aryl methyl sites for hydroxylation is 1. The van der Waals surface area contributed by atoms with Gasteiger partial charge in [-0.15, -0.1) is 11.3 Å². The van der Waals surface area contributed by atoms with Crippen LogP contribution in [0.1, 0.15) is 40.9 Å². The van der Waals surface area contributed by atoms with E-state index in [0.717, 1.165) is 53.1 Å². The number of ether oxygens (including phenoxy) is 2. The molecule has 0 aromatic carbocycles. The number of ketones is 1. The van der Waals surface area contributed by atoms with Gasteiger partial charge in [0, 0.05) is 25.7 Å². The van der Waals surface area contributed by atoms with Crippen molar-refractivity contribution in [2.45, 2.75) is 38.2 Å². The van der Waals surface area contributed by atoms with Gasteiger partial charge in [0.05, 0.1) is 14.3 Å². The molecule has 2 aliphatic rings. The average Bonchev–Trinajstić information content (AvgIpc) is 2.79. The first-order chi connectivity index (χ1) is 9.60. The highest BCUT2D eigenvalue weighted by molar-refractivity contribution is 9.11. The molecule has 1 atom stereocenters. The Balaban J connectivity index is 1.74. The fourth-order valence-electron chi connectivity index (χ4n) is 3.13. The van der Waals surface area contributed by atoms with E-state index in [1.807, 2.05) is 13.0 Å². The molecule has 0 N–H and O–H groups in total. The van der Waals surface area contributed by atoms with E-state index in [9.17, 15) is 4.79 Å². The molecule has 0 bridgehead atoms. The minimum Gasteiger partial charge on any atom is -0.381 e. The first kappa shape index (κ1) is 14.7. The third-order valence-electron chi connectivity index (χ3n) is 4.37. The van der Waals surface area contributed by atoms with E-state index in [-0.39, 0.29) is 17.3 Å². The quantitative estimate of drug-likeness (QED) is 0.750. The van der Waals surface area contributed by atoms with Crippen molar-refractivity contribution in [3.8, 4) is 0 Å². The van der Waals surface area contributed by atoms with E-state index in [2.05, 4.69) is 15.9 Å². The second-order valence-corrected chi connectivity index (χ2v) is 8.14. The van der Waals surface area contributed by atoms with E-state index >= 15 is 0 Å². The summed E-state index contributed by atoms with van der Waals surface area (Å²) >= 11 is 5.06. The second-order valence-electron chi connectivity index (χ2n) is 5.77. The number of hydrogen-bond acceptors (Lipinski definition) is 4. The van der Waals surface area contributed by atoms with Crippen molar-refractivity contribution in [3.63, 3.8) is 0 Å². The molecule has 3 rings (SSSR count). The van der Waals surface area contributed by atoms with Crippen LogP contribution in [-0.4, -0.2) is 31.2 Å². The third kappa shape index (κ3) is 2.86. The number of halogens is 1. The number of thiophene rings is 1. The molecule has 1 unspecified atom stereocenters. The van der Waals surface area contributed by atoms with Gasteiger partial charge in [-0.1, -0.05) is 0 Å². The van der Waals surface area contributed by atoms with Gasteiger partial charge in [0.25, 0.3) is 0 Å². The number of Topliss-reactive ketones (excluding diaryl/α,β-unsaturated/α-hetero) is 1. The lowest BCUT2D eigenvalue weighted by atomic mass is 9.79. The zero-order valence-corrected chi connectivity index (χ0v) is 14.0. The van der Waals surface area contributed by atoms with E-state index in [4.69, 9.17) is 9.47 Å². The van der Waals surface area contributed by atoms with Crippen LogP contribution in [0.5, 0.6) is 0 Å². The Morgan fingerprint density at radius 2 is 2.15 bits per heavy atom. The van der Waals surface area contributed by atoms with Crippen LogP contribution in [0, 0.1) is 12.8 Å². The molecule has 110 valence electrons. The lowest BCUT2D eigenvalue weighted by molar-refractivity contribution is -0.142. The topological polar surface area (TPSA) is 35.5 Å². The van der Waals surface area contributed by atoms with Crippen LogP contribution in [-0.2, 0) is 9.47 Å². The van der Waals surface area contributed by atoms with Crippen LogP contribution in [0.25, 0.3) is 0 Å². The molecule has 1 aromatic heterocycles. The summed E-state index contributed by atoms with van der Waals surface area (Å²) in [6.45, 7) is 4.23. The van der Waals surface area contributed by atoms with E-state index in [1.165, 1.54) is 0 Å². The molecule has 3 heterocycles.